The van der Waals surface area contributed by atoms with Crippen molar-refractivity contribution in [2.75, 3.05) is 5.50 Å². The van der Waals surface area contributed by atoms with Gasteiger partial charge in [0.25, 0.3) is 0 Å². The maximum Gasteiger partial charge on any atom is 0.203 e. The summed E-state index contributed by atoms with van der Waals surface area (Å²) >= 11 is 5.84. The lowest BCUT2D eigenvalue weighted by Crippen LogP contribution is -2.43. The van der Waals surface area contributed by atoms with Crippen molar-refractivity contribution >= 4 is 19.9 Å². The summed E-state index contributed by atoms with van der Waals surface area (Å²) in [5.74, 6) is 0. The van der Waals surface area contributed by atoms with Crippen molar-refractivity contribution < 1.29 is 4.43 Å². The predicted molar refractivity (Wildman–Crippen MR) is 67.4 cm³/mol. The summed E-state index contributed by atoms with van der Waals surface area (Å²) in [5, 5.41) is 9.15. The quantitative estimate of drug-likeness (QED) is 0.389. The van der Waals surface area contributed by atoms with Gasteiger partial charge in [0.15, 0.2) is 0 Å². The Hall–Kier alpha value is -0.0431. The first kappa shape index (κ1) is 15.0. The molecule has 0 spiro atoms. The van der Waals surface area contributed by atoms with Gasteiger partial charge in [-0.2, -0.15) is 5.26 Å². The summed E-state index contributed by atoms with van der Waals surface area (Å²) in [7, 11) is -1.85. The van der Waals surface area contributed by atoms with Crippen LogP contribution in [0.5, 0.6) is 0 Å². The molecule has 0 radical (unpaired) electrons. The van der Waals surface area contributed by atoms with E-state index in [1.807, 2.05) is 6.92 Å². The number of unbranched alkanes of at least 4 members (excludes halogenated alkanes) is 2. The number of nitriles is 1. The number of hydrogen-bond acceptors (Lipinski definition) is 2. The highest BCUT2D eigenvalue weighted by molar-refractivity contribution is 6.77. The van der Waals surface area contributed by atoms with E-state index in [1.165, 1.54) is 0 Å². The molecule has 0 rings (SSSR count). The van der Waals surface area contributed by atoms with Crippen LogP contribution in [0.3, 0.4) is 0 Å². The molecule has 0 aromatic carbocycles. The molecule has 0 aliphatic rings. The molecule has 0 unspecified atom stereocenters. The van der Waals surface area contributed by atoms with Crippen molar-refractivity contribution in [3.05, 3.63) is 0 Å². The highest BCUT2D eigenvalue weighted by Crippen LogP contribution is 2.24. The molecule has 88 valence electrons. The summed E-state index contributed by atoms with van der Waals surface area (Å²) in [6, 6.07) is 2.28. The van der Waals surface area contributed by atoms with Gasteiger partial charge in [-0.1, -0.05) is 19.8 Å². The van der Waals surface area contributed by atoms with Crippen LogP contribution in [0, 0.1) is 11.3 Å². The zero-order chi connectivity index (χ0) is 11.9. The molecule has 0 N–H and O–H groups in total. The Bertz CT molecular complexity index is 227. The van der Waals surface area contributed by atoms with Crippen molar-refractivity contribution in [3.8, 4) is 6.07 Å². The van der Waals surface area contributed by atoms with E-state index in [4.69, 9.17) is 21.3 Å². The lowest BCUT2D eigenvalue weighted by atomic mass is 10.0. The van der Waals surface area contributed by atoms with Crippen LogP contribution in [0.1, 0.15) is 39.5 Å². The largest absolute Gasteiger partial charge is 0.399 e. The molecular weight excluding hydrogens is 226 g/mol. The smallest absolute Gasteiger partial charge is 0.203 e. The van der Waals surface area contributed by atoms with Gasteiger partial charge in [-0.3, -0.25) is 0 Å². The Labute approximate surface area is 99.7 Å². The molecule has 0 heterocycles. The van der Waals surface area contributed by atoms with Crippen LogP contribution in [0.15, 0.2) is 0 Å². The van der Waals surface area contributed by atoms with Crippen LogP contribution in [-0.2, 0) is 4.43 Å². The van der Waals surface area contributed by atoms with Gasteiger partial charge < -0.3 is 4.43 Å². The topological polar surface area (TPSA) is 33.0 Å². The van der Waals surface area contributed by atoms with Crippen LogP contribution >= 0.6 is 11.6 Å². The molecule has 4 heteroatoms. The number of halogens is 1. The molecular formula is C11H22ClNOSi. The number of nitrogens with zero attached hydrogens (tertiary/aromatic N) is 1. The van der Waals surface area contributed by atoms with Crippen molar-refractivity contribution in [2.24, 2.45) is 0 Å². The van der Waals surface area contributed by atoms with Gasteiger partial charge in [0.2, 0.25) is 8.32 Å². The standard InChI is InChI=1S/C11H22ClNOSi/c1-5-6-7-8-11(2,9-13)14-15(3,4)10-12/h5-8,10H2,1-4H3/t11-/m0/s1. The molecule has 0 aliphatic carbocycles. The summed E-state index contributed by atoms with van der Waals surface area (Å²) in [4.78, 5) is 0. The van der Waals surface area contributed by atoms with Crippen LogP contribution in [0.4, 0.5) is 0 Å². The summed E-state index contributed by atoms with van der Waals surface area (Å²) in [6.07, 6.45) is 4.18. The molecule has 0 bridgehead atoms. The number of rotatable bonds is 7. The molecule has 0 aromatic rings. The van der Waals surface area contributed by atoms with Crippen molar-refractivity contribution in [2.45, 2.75) is 58.2 Å². The zero-order valence-electron chi connectivity index (χ0n) is 10.3. The van der Waals surface area contributed by atoms with Crippen molar-refractivity contribution in [3.63, 3.8) is 0 Å². The van der Waals surface area contributed by atoms with Gasteiger partial charge in [0, 0.05) is 5.50 Å². The average Bonchev–Trinajstić information content (AvgIpc) is 2.18. The first-order chi connectivity index (χ1) is 6.89. The highest BCUT2D eigenvalue weighted by atomic mass is 35.5. The molecule has 0 saturated carbocycles. The lowest BCUT2D eigenvalue weighted by molar-refractivity contribution is 0.126. The lowest BCUT2D eigenvalue weighted by Gasteiger charge is -2.31. The van der Waals surface area contributed by atoms with Crippen LogP contribution in [0.25, 0.3) is 0 Å². The Kier molecular flexibility index (Phi) is 6.50. The first-order valence-corrected chi connectivity index (χ1v) is 9.21. The van der Waals surface area contributed by atoms with Gasteiger partial charge in [-0.25, -0.2) is 0 Å². The minimum atomic E-state index is -1.85. The second kappa shape index (κ2) is 6.52. The molecule has 0 aromatic heterocycles. The van der Waals surface area contributed by atoms with Gasteiger partial charge in [-0.15, -0.1) is 11.6 Å². The van der Waals surface area contributed by atoms with E-state index < -0.39 is 13.9 Å². The van der Waals surface area contributed by atoms with E-state index in [1.54, 1.807) is 0 Å². The Balaban J connectivity index is 4.26. The maximum atomic E-state index is 9.15. The molecule has 0 fully saturated rings. The number of hydrogen-bond donors (Lipinski definition) is 0. The van der Waals surface area contributed by atoms with E-state index in [2.05, 4.69) is 26.1 Å². The molecule has 15 heavy (non-hydrogen) atoms. The van der Waals surface area contributed by atoms with E-state index in [0.717, 1.165) is 25.7 Å². The Morgan fingerprint density at radius 1 is 1.40 bits per heavy atom. The highest BCUT2D eigenvalue weighted by Gasteiger charge is 2.33. The van der Waals surface area contributed by atoms with Crippen molar-refractivity contribution in [1.82, 2.24) is 0 Å². The second-order valence-corrected chi connectivity index (χ2v) is 9.59. The summed E-state index contributed by atoms with van der Waals surface area (Å²) in [6.45, 7) is 8.14. The van der Waals surface area contributed by atoms with Crippen molar-refractivity contribution in [1.29, 1.82) is 5.26 Å². The van der Waals surface area contributed by atoms with E-state index in [-0.39, 0.29) is 0 Å². The molecule has 0 saturated heterocycles. The molecule has 1 atom stereocenters. The van der Waals surface area contributed by atoms with Crippen LogP contribution < -0.4 is 0 Å². The van der Waals surface area contributed by atoms with Gasteiger partial charge >= 0.3 is 0 Å². The average molecular weight is 248 g/mol. The van der Waals surface area contributed by atoms with Crippen LogP contribution in [-0.4, -0.2) is 19.4 Å². The van der Waals surface area contributed by atoms with Gasteiger partial charge in [-0.05, 0) is 32.9 Å². The van der Waals surface area contributed by atoms with E-state index in [0.29, 0.717) is 5.50 Å². The molecule has 0 aliphatic heterocycles. The minimum Gasteiger partial charge on any atom is -0.399 e. The fourth-order valence-corrected chi connectivity index (χ4v) is 3.06. The minimum absolute atomic E-state index is 0.540. The Morgan fingerprint density at radius 2 is 2.00 bits per heavy atom. The fourth-order valence-electron chi connectivity index (χ4n) is 1.48. The third-order valence-electron chi connectivity index (χ3n) is 2.32. The van der Waals surface area contributed by atoms with E-state index >= 15 is 0 Å². The van der Waals surface area contributed by atoms with E-state index in [9.17, 15) is 0 Å². The van der Waals surface area contributed by atoms with Gasteiger partial charge in [0.1, 0.15) is 5.60 Å². The first-order valence-electron chi connectivity index (χ1n) is 5.56. The zero-order valence-corrected chi connectivity index (χ0v) is 12.0. The summed E-state index contributed by atoms with van der Waals surface area (Å²) < 4.78 is 5.92. The van der Waals surface area contributed by atoms with Gasteiger partial charge in [0.05, 0.1) is 6.07 Å². The maximum absolute atomic E-state index is 9.15. The number of alkyl halides is 1. The Morgan fingerprint density at radius 3 is 2.40 bits per heavy atom. The SMILES string of the molecule is CCCCC[C@@](C)(C#N)O[Si](C)(C)CCl. The molecule has 2 nitrogen and oxygen atoms in total. The monoisotopic (exact) mass is 247 g/mol. The predicted octanol–water partition coefficient (Wildman–Crippen LogP) is 3.85. The van der Waals surface area contributed by atoms with Crippen LogP contribution in [0.2, 0.25) is 13.1 Å². The summed E-state index contributed by atoms with van der Waals surface area (Å²) in [5.41, 5.74) is -0.0994. The third-order valence-corrected chi connectivity index (χ3v) is 5.89. The second-order valence-electron chi connectivity index (χ2n) is 4.80. The fraction of sp³-hybridized carbons (Fsp3) is 0.909. The molecule has 0 amide bonds. The normalized spacial score (nSPS) is 15.7. The third kappa shape index (κ3) is 6.19.